The van der Waals surface area contributed by atoms with Crippen molar-refractivity contribution in [1.82, 2.24) is 0 Å². The van der Waals surface area contributed by atoms with Crippen LogP contribution < -0.4 is 5.32 Å². The van der Waals surface area contributed by atoms with E-state index in [1.54, 1.807) is 0 Å². The highest BCUT2D eigenvalue weighted by Gasteiger charge is 1.97. The van der Waals surface area contributed by atoms with Gasteiger partial charge in [0.1, 0.15) is 0 Å². The highest BCUT2D eigenvalue weighted by Crippen LogP contribution is 2.21. The van der Waals surface area contributed by atoms with Gasteiger partial charge in [0.25, 0.3) is 0 Å². The third-order valence-corrected chi connectivity index (χ3v) is 4.27. The average Bonchev–Trinajstić information content (AvgIpc) is 2.41. The van der Waals surface area contributed by atoms with Crippen molar-refractivity contribution in [2.75, 3.05) is 17.6 Å². The molecule has 0 radical (unpaired) electrons. The number of aryl methyl sites for hydroxylation is 2. The summed E-state index contributed by atoms with van der Waals surface area (Å²) in [5.41, 5.74) is 3.82. The smallest absolute Gasteiger partial charge is 0.0407 e. The number of halogens is 1. The number of anilines is 1. The van der Waals surface area contributed by atoms with Crippen molar-refractivity contribution in [2.24, 2.45) is 0 Å². The van der Waals surface area contributed by atoms with Crippen LogP contribution in [-0.4, -0.2) is 12.3 Å². The molecule has 100 valence electrons. The molecule has 0 amide bonds. The van der Waals surface area contributed by atoms with Crippen molar-refractivity contribution >= 4 is 29.1 Å². The molecule has 0 bridgehead atoms. The van der Waals surface area contributed by atoms with E-state index < -0.39 is 0 Å². The van der Waals surface area contributed by atoms with Crippen molar-refractivity contribution in [3.63, 3.8) is 0 Å². The van der Waals surface area contributed by atoms with Crippen LogP contribution in [0.5, 0.6) is 0 Å². The second-order valence-corrected chi connectivity index (χ2v) is 6.13. The minimum absolute atomic E-state index is 0.773. The molecule has 0 atom stereocenters. The molecule has 3 heteroatoms. The van der Waals surface area contributed by atoms with E-state index >= 15 is 0 Å². The summed E-state index contributed by atoms with van der Waals surface area (Å²) in [5, 5.41) is 4.16. The van der Waals surface area contributed by atoms with E-state index in [0.717, 1.165) is 23.0 Å². The predicted molar refractivity (Wildman–Crippen MR) is 86.6 cm³/mol. The molecule has 0 saturated carbocycles. The first kappa shape index (κ1) is 14.3. The van der Waals surface area contributed by atoms with Gasteiger partial charge in [-0.1, -0.05) is 17.7 Å². The first-order valence-corrected chi connectivity index (χ1v) is 7.71. The Bertz CT molecular complexity index is 537. The number of hydrogen-bond acceptors (Lipinski definition) is 2. The molecule has 2 aromatic carbocycles. The first-order valence-electron chi connectivity index (χ1n) is 6.34. The molecule has 19 heavy (non-hydrogen) atoms. The van der Waals surface area contributed by atoms with Gasteiger partial charge in [-0.15, -0.1) is 11.8 Å². The van der Waals surface area contributed by atoms with Crippen LogP contribution in [0.4, 0.5) is 5.69 Å². The normalized spacial score (nSPS) is 10.5. The first-order chi connectivity index (χ1) is 9.15. The van der Waals surface area contributed by atoms with Gasteiger partial charge in [0.2, 0.25) is 0 Å². The molecule has 0 saturated heterocycles. The van der Waals surface area contributed by atoms with Gasteiger partial charge in [0.05, 0.1) is 0 Å². The monoisotopic (exact) mass is 291 g/mol. The van der Waals surface area contributed by atoms with E-state index in [1.165, 1.54) is 16.0 Å². The van der Waals surface area contributed by atoms with Crippen LogP contribution in [-0.2, 0) is 0 Å². The molecule has 1 nitrogen and oxygen atoms in total. The molecule has 0 aromatic heterocycles. The standard InChI is InChI=1S/C16H18ClNS/c1-12-3-8-16(11-13(12)2)19-10-9-18-15-6-4-14(17)5-7-15/h3-8,11,18H,9-10H2,1-2H3. The second kappa shape index (κ2) is 6.88. The molecular formula is C16H18ClNS. The summed E-state index contributed by atoms with van der Waals surface area (Å²) in [5.74, 6) is 1.05. The Labute approximate surface area is 124 Å². The Morgan fingerprint density at radius 1 is 1.00 bits per heavy atom. The lowest BCUT2D eigenvalue weighted by molar-refractivity contribution is 1.22. The van der Waals surface area contributed by atoms with Gasteiger partial charge in [-0.05, 0) is 61.4 Å². The summed E-state index contributed by atoms with van der Waals surface area (Å²) in [6, 6.07) is 14.4. The molecule has 0 heterocycles. The van der Waals surface area contributed by atoms with E-state index in [1.807, 2.05) is 36.0 Å². The molecule has 0 spiro atoms. The zero-order chi connectivity index (χ0) is 13.7. The van der Waals surface area contributed by atoms with Crippen molar-refractivity contribution < 1.29 is 0 Å². The van der Waals surface area contributed by atoms with Crippen LogP contribution in [0.1, 0.15) is 11.1 Å². The van der Waals surface area contributed by atoms with Gasteiger partial charge < -0.3 is 5.32 Å². The highest BCUT2D eigenvalue weighted by molar-refractivity contribution is 7.99. The number of thioether (sulfide) groups is 1. The van der Waals surface area contributed by atoms with Gasteiger partial charge in [-0.3, -0.25) is 0 Å². The van der Waals surface area contributed by atoms with Gasteiger partial charge in [0, 0.05) is 27.9 Å². The van der Waals surface area contributed by atoms with E-state index in [2.05, 4.69) is 37.4 Å². The summed E-state index contributed by atoms with van der Waals surface area (Å²) in [6.07, 6.45) is 0. The van der Waals surface area contributed by atoms with Crippen LogP contribution in [0.25, 0.3) is 0 Å². The van der Waals surface area contributed by atoms with Crippen LogP contribution in [0.15, 0.2) is 47.4 Å². The maximum absolute atomic E-state index is 5.85. The molecule has 0 unspecified atom stereocenters. The molecule has 2 rings (SSSR count). The maximum atomic E-state index is 5.85. The fourth-order valence-electron chi connectivity index (χ4n) is 1.74. The van der Waals surface area contributed by atoms with E-state index in [4.69, 9.17) is 11.6 Å². The fourth-order valence-corrected chi connectivity index (χ4v) is 2.73. The minimum atomic E-state index is 0.773. The second-order valence-electron chi connectivity index (χ2n) is 4.53. The molecule has 0 fully saturated rings. The number of nitrogens with one attached hydrogen (secondary N) is 1. The summed E-state index contributed by atoms with van der Waals surface area (Å²) >= 11 is 7.73. The zero-order valence-electron chi connectivity index (χ0n) is 11.2. The Morgan fingerprint density at radius 2 is 1.74 bits per heavy atom. The number of benzene rings is 2. The average molecular weight is 292 g/mol. The topological polar surface area (TPSA) is 12.0 Å². The summed E-state index contributed by atoms with van der Waals surface area (Å²) in [4.78, 5) is 1.33. The number of rotatable bonds is 5. The molecule has 1 N–H and O–H groups in total. The molecule has 0 aliphatic carbocycles. The summed E-state index contributed by atoms with van der Waals surface area (Å²) in [7, 11) is 0. The fraction of sp³-hybridized carbons (Fsp3) is 0.250. The van der Waals surface area contributed by atoms with Crippen molar-refractivity contribution in [1.29, 1.82) is 0 Å². The van der Waals surface area contributed by atoms with E-state index in [-0.39, 0.29) is 0 Å². The van der Waals surface area contributed by atoms with Crippen molar-refractivity contribution in [3.8, 4) is 0 Å². The lowest BCUT2D eigenvalue weighted by atomic mass is 10.1. The van der Waals surface area contributed by atoms with Crippen molar-refractivity contribution in [3.05, 3.63) is 58.6 Å². The van der Waals surface area contributed by atoms with Crippen LogP contribution in [0.2, 0.25) is 5.02 Å². The Balaban J connectivity index is 1.77. The minimum Gasteiger partial charge on any atom is -0.384 e. The lowest BCUT2D eigenvalue weighted by Gasteiger charge is -2.07. The lowest BCUT2D eigenvalue weighted by Crippen LogP contribution is -2.03. The van der Waals surface area contributed by atoms with Gasteiger partial charge in [0.15, 0.2) is 0 Å². The van der Waals surface area contributed by atoms with Crippen LogP contribution in [0.3, 0.4) is 0 Å². The van der Waals surface area contributed by atoms with E-state index in [0.29, 0.717) is 0 Å². The molecule has 2 aromatic rings. The third-order valence-electron chi connectivity index (χ3n) is 3.02. The van der Waals surface area contributed by atoms with Crippen molar-refractivity contribution in [2.45, 2.75) is 18.7 Å². The van der Waals surface area contributed by atoms with Gasteiger partial charge in [-0.2, -0.15) is 0 Å². The Hall–Kier alpha value is -1.12. The zero-order valence-corrected chi connectivity index (χ0v) is 12.8. The van der Waals surface area contributed by atoms with E-state index in [9.17, 15) is 0 Å². The predicted octanol–water partition coefficient (Wildman–Crippen LogP) is 5.16. The summed E-state index contributed by atoms with van der Waals surface area (Å²) in [6.45, 7) is 5.25. The maximum Gasteiger partial charge on any atom is 0.0407 e. The third kappa shape index (κ3) is 4.48. The van der Waals surface area contributed by atoms with Crippen LogP contribution in [0, 0.1) is 13.8 Å². The Morgan fingerprint density at radius 3 is 2.42 bits per heavy atom. The molecule has 0 aliphatic heterocycles. The SMILES string of the molecule is Cc1ccc(SCCNc2ccc(Cl)cc2)cc1C. The largest absolute Gasteiger partial charge is 0.384 e. The van der Waals surface area contributed by atoms with Gasteiger partial charge in [-0.25, -0.2) is 0 Å². The van der Waals surface area contributed by atoms with Crippen LogP contribution >= 0.6 is 23.4 Å². The molecule has 0 aliphatic rings. The van der Waals surface area contributed by atoms with Gasteiger partial charge >= 0.3 is 0 Å². The highest BCUT2D eigenvalue weighted by atomic mass is 35.5. The number of hydrogen-bond donors (Lipinski definition) is 1. The quantitative estimate of drug-likeness (QED) is 0.603. The summed E-state index contributed by atoms with van der Waals surface area (Å²) < 4.78 is 0. The Kier molecular flexibility index (Phi) is 5.17. The molecular weight excluding hydrogens is 274 g/mol.